The molecule has 0 bridgehead atoms. The predicted octanol–water partition coefficient (Wildman–Crippen LogP) is 4.06. The number of H-pyrrole nitrogens is 1. The van der Waals surface area contributed by atoms with E-state index in [1.807, 2.05) is 20.8 Å². The van der Waals surface area contributed by atoms with Crippen molar-refractivity contribution in [2.24, 2.45) is 0 Å². The van der Waals surface area contributed by atoms with Crippen molar-refractivity contribution < 1.29 is 27.5 Å². The topological polar surface area (TPSA) is 128 Å². The van der Waals surface area contributed by atoms with Crippen molar-refractivity contribution in [3.05, 3.63) is 63.5 Å². The van der Waals surface area contributed by atoms with Crippen molar-refractivity contribution in [3.63, 3.8) is 0 Å². The molecule has 1 amide bonds. The molecule has 5 rings (SSSR count). The molecule has 0 saturated carbocycles. The van der Waals surface area contributed by atoms with Gasteiger partial charge in [-0.05, 0) is 51.3 Å². The first kappa shape index (κ1) is 26.3. The molecule has 4 heterocycles. The van der Waals surface area contributed by atoms with Gasteiger partial charge in [-0.1, -0.05) is 0 Å². The first-order valence-electron chi connectivity index (χ1n) is 12.5. The number of nitrogens with one attached hydrogen (secondary N) is 1. The number of hydrogen-bond acceptors (Lipinski definition) is 8. The Morgan fingerprint density at radius 2 is 1.85 bits per heavy atom. The molecule has 1 saturated heterocycles. The summed E-state index contributed by atoms with van der Waals surface area (Å²) in [6, 6.07) is 3.78. The fourth-order valence-corrected chi connectivity index (χ4v) is 4.66. The van der Waals surface area contributed by atoms with Gasteiger partial charge in [-0.2, -0.15) is 5.10 Å². The summed E-state index contributed by atoms with van der Waals surface area (Å²) in [4.78, 5) is 29.5. The number of benzene rings is 1. The Bertz CT molecular complexity index is 1560. The van der Waals surface area contributed by atoms with Gasteiger partial charge in [0.05, 0.1) is 25.4 Å². The molecule has 0 unspecified atom stereocenters. The van der Waals surface area contributed by atoms with Crippen LogP contribution in [0.3, 0.4) is 0 Å². The fourth-order valence-electron chi connectivity index (χ4n) is 4.66. The zero-order valence-electron chi connectivity index (χ0n) is 22.0. The van der Waals surface area contributed by atoms with E-state index in [0.717, 1.165) is 12.1 Å². The Labute approximate surface area is 221 Å². The monoisotopic (exact) mass is 542 g/mol. The number of piperidine rings is 1. The molecule has 0 spiro atoms. The van der Waals surface area contributed by atoms with E-state index in [4.69, 9.17) is 13.9 Å². The minimum atomic E-state index is -0.836. The van der Waals surface area contributed by atoms with Crippen LogP contribution in [0.15, 0.2) is 33.6 Å². The Kier molecular flexibility index (Phi) is 6.83. The number of hydrogen-bond donors (Lipinski definition) is 1. The van der Waals surface area contributed by atoms with Gasteiger partial charge in [0.2, 0.25) is 5.89 Å². The maximum absolute atomic E-state index is 14.1. The Morgan fingerprint density at radius 1 is 1.15 bits per heavy atom. The van der Waals surface area contributed by atoms with Crippen molar-refractivity contribution in [3.8, 4) is 17.2 Å². The zero-order chi connectivity index (χ0) is 27.9. The van der Waals surface area contributed by atoms with Crippen LogP contribution < -0.4 is 10.3 Å². The van der Waals surface area contributed by atoms with Crippen molar-refractivity contribution in [1.82, 2.24) is 29.7 Å². The molecule has 0 aliphatic carbocycles. The lowest BCUT2D eigenvalue weighted by atomic mass is 9.93. The van der Waals surface area contributed by atoms with Gasteiger partial charge in [-0.25, -0.2) is 18.1 Å². The van der Waals surface area contributed by atoms with Gasteiger partial charge in [0.25, 0.3) is 11.4 Å². The largest absolute Gasteiger partial charge is 0.491 e. The first-order valence-corrected chi connectivity index (χ1v) is 12.5. The number of amides is 1. The summed E-state index contributed by atoms with van der Waals surface area (Å²) in [6.45, 7) is 6.45. The zero-order valence-corrected chi connectivity index (χ0v) is 22.0. The highest BCUT2D eigenvalue weighted by Gasteiger charge is 2.29. The van der Waals surface area contributed by atoms with E-state index in [-0.39, 0.29) is 41.3 Å². The number of likely N-dealkylation sites (tertiary alicyclic amines) is 1. The molecule has 1 N–H and O–H groups in total. The highest BCUT2D eigenvalue weighted by Crippen LogP contribution is 2.31. The van der Waals surface area contributed by atoms with E-state index in [1.165, 1.54) is 19.4 Å². The molecule has 11 nitrogen and oxygen atoms in total. The number of aromatic nitrogens is 5. The van der Waals surface area contributed by atoms with Gasteiger partial charge in [-0.3, -0.25) is 4.79 Å². The molecule has 0 radical (unpaired) electrons. The van der Waals surface area contributed by atoms with Gasteiger partial charge in [0.15, 0.2) is 17.4 Å². The number of carbonyl (C=O) groups is 1. The quantitative estimate of drug-likeness (QED) is 0.400. The molecule has 3 aromatic heterocycles. The number of fused-ring (bicyclic) bond motifs is 1. The summed E-state index contributed by atoms with van der Waals surface area (Å²) in [5.41, 5.74) is 0.878. The Hall–Kier alpha value is -4.29. The Balaban J connectivity index is 1.36. The maximum Gasteiger partial charge on any atom is 0.410 e. The van der Waals surface area contributed by atoms with E-state index in [9.17, 15) is 18.4 Å². The van der Waals surface area contributed by atoms with Gasteiger partial charge in [0, 0.05) is 25.1 Å². The van der Waals surface area contributed by atoms with Crippen LogP contribution in [0.2, 0.25) is 0 Å². The predicted molar refractivity (Wildman–Crippen MR) is 135 cm³/mol. The van der Waals surface area contributed by atoms with Crippen LogP contribution in [0.25, 0.3) is 17.1 Å². The summed E-state index contributed by atoms with van der Waals surface area (Å²) < 4.78 is 45.7. The van der Waals surface area contributed by atoms with Gasteiger partial charge >= 0.3 is 6.09 Å². The number of rotatable bonds is 5. The average molecular weight is 543 g/mol. The second kappa shape index (κ2) is 10.1. The molecule has 1 aliphatic heterocycles. The smallest absolute Gasteiger partial charge is 0.410 e. The minimum Gasteiger partial charge on any atom is -0.491 e. The number of nitrogens with zero attached hydrogens (tertiary/aromatic N) is 5. The lowest BCUT2D eigenvalue weighted by Crippen LogP contribution is -2.41. The molecule has 1 fully saturated rings. The van der Waals surface area contributed by atoms with Crippen LogP contribution in [0.4, 0.5) is 13.6 Å². The minimum absolute atomic E-state index is 0.0119. The Morgan fingerprint density at radius 3 is 2.49 bits per heavy atom. The van der Waals surface area contributed by atoms with E-state index >= 15 is 0 Å². The second-order valence-electron chi connectivity index (χ2n) is 10.4. The van der Waals surface area contributed by atoms with Crippen LogP contribution >= 0.6 is 0 Å². The number of carbonyl (C=O) groups excluding carboxylic acids is 1. The van der Waals surface area contributed by atoms with Crippen LogP contribution in [-0.4, -0.2) is 61.6 Å². The van der Waals surface area contributed by atoms with Crippen molar-refractivity contribution >= 4 is 11.7 Å². The van der Waals surface area contributed by atoms with Crippen LogP contribution in [0.1, 0.15) is 56.7 Å². The third-order valence-corrected chi connectivity index (χ3v) is 6.41. The van der Waals surface area contributed by atoms with Crippen LogP contribution in [0, 0.1) is 11.6 Å². The van der Waals surface area contributed by atoms with Crippen molar-refractivity contribution in [2.45, 2.75) is 51.6 Å². The first-order chi connectivity index (χ1) is 18.5. The van der Waals surface area contributed by atoms with E-state index in [1.54, 1.807) is 9.42 Å². The van der Waals surface area contributed by atoms with E-state index in [2.05, 4.69) is 20.3 Å². The number of methoxy groups -OCH3 is 1. The molecule has 1 aromatic carbocycles. The molecule has 1 aliphatic rings. The van der Waals surface area contributed by atoms with Crippen LogP contribution in [0.5, 0.6) is 5.75 Å². The van der Waals surface area contributed by atoms with E-state index in [0.29, 0.717) is 42.8 Å². The van der Waals surface area contributed by atoms with Gasteiger partial charge in [0.1, 0.15) is 16.8 Å². The van der Waals surface area contributed by atoms with Gasteiger partial charge in [-0.15, -0.1) is 10.2 Å². The summed E-state index contributed by atoms with van der Waals surface area (Å²) in [6.07, 6.45) is 2.40. The molecular formula is C26H28F2N6O5. The number of aromatic amines is 1. The average Bonchev–Trinajstić information content (AvgIpc) is 3.49. The van der Waals surface area contributed by atoms with Crippen molar-refractivity contribution in [1.29, 1.82) is 0 Å². The van der Waals surface area contributed by atoms with E-state index < -0.39 is 23.0 Å². The molecule has 0 atom stereocenters. The molecule has 13 heteroatoms. The summed E-state index contributed by atoms with van der Waals surface area (Å²) in [5.74, 6) is -1.93. The summed E-state index contributed by atoms with van der Waals surface area (Å²) in [7, 11) is 1.18. The van der Waals surface area contributed by atoms with Crippen molar-refractivity contribution in [2.75, 3.05) is 20.2 Å². The molecule has 206 valence electrons. The third kappa shape index (κ3) is 5.47. The lowest BCUT2D eigenvalue weighted by molar-refractivity contribution is 0.0203. The summed E-state index contributed by atoms with van der Waals surface area (Å²) >= 11 is 0. The highest BCUT2D eigenvalue weighted by molar-refractivity contribution is 5.71. The number of ether oxygens (including phenoxy) is 2. The molecule has 39 heavy (non-hydrogen) atoms. The molecule has 4 aromatic rings. The number of halogens is 2. The maximum atomic E-state index is 14.1. The fraction of sp³-hybridized carbons (Fsp3) is 0.423. The standard InChI is InChI=1S/C26H28F2N6O5/c1-26(2,3)39-25(36)33-7-5-15(6-8-33)19-12-20(35)30-23-16(13-29-34(19)23)24-32-31-21(38-24)11-14-9-17(27)22(37-4)18(28)10-14/h9-10,12-13,15H,5-8,11H2,1-4H3,(H,30,35). The second-order valence-corrected chi connectivity index (χ2v) is 10.4. The highest BCUT2D eigenvalue weighted by atomic mass is 19.1. The van der Waals surface area contributed by atoms with Crippen LogP contribution in [-0.2, 0) is 11.2 Å². The normalized spacial score (nSPS) is 14.7. The lowest BCUT2D eigenvalue weighted by Gasteiger charge is -2.33. The SMILES string of the molecule is COc1c(F)cc(Cc2nnc(-c3cnn4c(C5CCN(C(=O)OC(C)(C)C)CC5)cc(=O)[nH]c34)o2)cc1F. The molecular weight excluding hydrogens is 514 g/mol. The third-order valence-electron chi connectivity index (χ3n) is 6.41. The van der Waals surface area contributed by atoms with Gasteiger partial charge < -0.3 is 23.8 Å². The summed E-state index contributed by atoms with van der Waals surface area (Å²) in [5, 5.41) is 12.5.